The first-order chi connectivity index (χ1) is 11.4. The van der Waals surface area contributed by atoms with Crippen LogP contribution in [0, 0.1) is 13.8 Å². The molecule has 0 spiro atoms. The summed E-state index contributed by atoms with van der Waals surface area (Å²) < 4.78 is 5.94. The number of hydrogen-bond donors (Lipinski definition) is 0. The highest BCUT2D eigenvalue weighted by atomic mass is 35.5. The van der Waals surface area contributed by atoms with Crippen molar-refractivity contribution in [2.24, 2.45) is 4.99 Å². The molecule has 0 saturated carbocycles. The SMILES string of the molecule is CCN(/C=N/c1cc(C)c(Oc2ccc(Cl)c(Cl)c2)cc1C)CC. The zero-order valence-corrected chi connectivity index (χ0v) is 15.9. The second-order valence-electron chi connectivity index (χ2n) is 5.55. The molecule has 0 radical (unpaired) electrons. The zero-order chi connectivity index (χ0) is 17.7. The lowest BCUT2D eigenvalue weighted by molar-refractivity contribution is 0.477. The van der Waals surface area contributed by atoms with E-state index >= 15 is 0 Å². The molecule has 3 nitrogen and oxygen atoms in total. The molecule has 0 aliphatic carbocycles. The molecule has 0 bridgehead atoms. The van der Waals surface area contributed by atoms with E-state index in [-0.39, 0.29) is 0 Å². The predicted molar refractivity (Wildman–Crippen MR) is 104 cm³/mol. The molecule has 0 atom stereocenters. The highest BCUT2D eigenvalue weighted by Crippen LogP contribution is 2.33. The quantitative estimate of drug-likeness (QED) is 0.437. The zero-order valence-electron chi connectivity index (χ0n) is 14.4. The Morgan fingerprint density at radius 3 is 2.33 bits per heavy atom. The van der Waals surface area contributed by atoms with E-state index in [4.69, 9.17) is 27.9 Å². The van der Waals surface area contributed by atoms with Gasteiger partial charge >= 0.3 is 0 Å². The average molecular weight is 365 g/mol. The molecule has 0 saturated heterocycles. The van der Waals surface area contributed by atoms with E-state index < -0.39 is 0 Å². The lowest BCUT2D eigenvalue weighted by atomic mass is 10.1. The lowest BCUT2D eigenvalue weighted by Gasteiger charge is -2.15. The highest BCUT2D eigenvalue weighted by Gasteiger charge is 2.08. The summed E-state index contributed by atoms with van der Waals surface area (Å²) >= 11 is 12.0. The molecule has 0 unspecified atom stereocenters. The van der Waals surface area contributed by atoms with E-state index in [0.29, 0.717) is 15.8 Å². The Morgan fingerprint density at radius 2 is 1.71 bits per heavy atom. The van der Waals surface area contributed by atoms with Crippen LogP contribution in [-0.2, 0) is 0 Å². The number of rotatable bonds is 6. The molecular weight excluding hydrogens is 343 g/mol. The van der Waals surface area contributed by atoms with Crippen LogP contribution in [0.25, 0.3) is 0 Å². The first-order valence-electron chi connectivity index (χ1n) is 7.97. The molecule has 5 heteroatoms. The van der Waals surface area contributed by atoms with E-state index in [1.165, 1.54) is 0 Å². The van der Waals surface area contributed by atoms with Crippen LogP contribution in [0.3, 0.4) is 0 Å². The van der Waals surface area contributed by atoms with Gasteiger partial charge in [-0.1, -0.05) is 23.2 Å². The largest absolute Gasteiger partial charge is 0.457 e. The van der Waals surface area contributed by atoms with Crippen molar-refractivity contribution in [2.75, 3.05) is 13.1 Å². The maximum Gasteiger partial charge on any atom is 0.130 e. The van der Waals surface area contributed by atoms with Crippen molar-refractivity contribution >= 4 is 35.2 Å². The Kier molecular flexibility index (Phi) is 6.52. The number of aryl methyl sites for hydroxylation is 2. The minimum absolute atomic E-state index is 0.476. The summed E-state index contributed by atoms with van der Waals surface area (Å²) in [6, 6.07) is 9.26. The summed E-state index contributed by atoms with van der Waals surface area (Å²) in [7, 11) is 0. The van der Waals surface area contributed by atoms with Gasteiger partial charge < -0.3 is 9.64 Å². The van der Waals surface area contributed by atoms with Crippen molar-refractivity contribution in [1.29, 1.82) is 0 Å². The normalized spacial score (nSPS) is 11.1. The summed E-state index contributed by atoms with van der Waals surface area (Å²) in [5.41, 5.74) is 3.01. The van der Waals surface area contributed by atoms with Gasteiger partial charge in [0.25, 0.3) is 0 Å². The third kappa shape index (κ3) is 4.65. The maximum absolute atomic E-state index is 6.04. The van der Waals surface area contributed by atoms with E-state index in [2.05, 4.69) is 23.7 Å². The van der Waals surface area contributed by atoms with Crippen LogP contribution in [0.5, 0.6) is 11.5 Å². The Hall–Kier alpha value is -1.71. The van der Waals surface area contributed by atoms with E-state index in [0.717, 1.165) is 35.7 Å². The smallest absolute Gasteiger partial charge is 0.130 e. The second-order valence-corrected chi connectivity index (χ2v) is 6.36. The van der Waals surface area contributed by atoms with Crippen molar-refractivity contribution < 1.29 is 4.74 Å². The van der Waals surface area contributed by atoms with E-state index in [1.807, 2.05) is 32.3 Å². The van der Waals surface area contributed by atoms with Gasteiger partial charge in [0.2, 0.25) is 0 Å². The van der Waals surface area contributed by atoms with E-state index in [1.54, 1.807) is 18.2 Å². The molecule has 24 heavy (non-hydrogen) atoms. The van der Waals surface area contributed by atoms with Crippen LogP contribution in [-0.4, -0.2) is 24.3 Å². The third-order valence-corrected chi connectivity index (χ3v) is 4.52. The Labute approximate surface area is 153 Å². The molecule has 0 heterocycles. The molecule has 0 aliphatic heterocycles. The van der Waals surface area contributed by atoms with Gasteiger partial charge in [-0.25, -0.2) is 4.99 Å². The molecule has 0 N–H and O–H groups in total. The fraction of sp³-hybridized carbons (Fsp3) is 0.316. The van der Waals surface area contributed by atoms with Crippen molar-refractivity contribution in [3.8, 4) is 11.5 Å². The van der Waals surface area contributed by atoms with Gasteiger partial charge in [-0.3, -0.25) is 0 Å². The van der Waals surface area contributed by atoms with Gasteiger partial charge in [0.05, 0.1) is 22.1 Å². The summed E-state index contributed by atoms with van der Waals surface area (Å²) in [5, 5.41) is 0.988. The van der Waals surface area contributed by atoms with Crippen LogP contribution in [0.4, 0.5) is 5.69 Å². The van der Waals surface area contributed by atoms with Gasteiger partial charge in [0.15, 0.2) is 0 Å². The molecule has 2 aromatic rings. The van der Waals surface area contributed by atoms with Crippen LogP contribution in [0.1, 0.15) is 25.0 Å². The van der Waals surface area contributed by atoms with Crippen molar-refractivity contribution in [2.45, 2.75) is 27.7 Å². The molecule has 2 aromatic carbocycles. The monoisotopic (exact) mass is 364 g/mol. The highest BCUT2D eigenvalue weighted by molar-refractivity contribution is 6.42. The predicted octanol–water partition coefficient (Wildman–Crippen LogP) is 6.40. The Morgan fingerprint density at radius 1 is 1.00 bits per heavy atom. The number of benzene rings is 2. The van der Waals surface area contributed by atoms with Crippen LogP contribution in [0.2, 0.25) is 10.0 Å². The number of ether oxygens (including phenoxy) is 1. The van der Waals surface area contributed by atoms with Gasteiger partial charge in [-0.15, -0.1) is 0 Å². The maximum atomic E-state index is 6.04. The molecule has 0 aromatic heterocycles. The Balaban J connectivity index is 2.24. The summed E-state index contributed by atoms with van der Waals surface area (Å²) in [4.78, 5) is 6.74. The summed E-state index contributed by atoms with van der Waals surface area (Å²) in [5.74, 6) is 1.44. The number of halogens is 2. The van der Waals surface area contributed by atoms with Gasteiger partial charge in [0.1, 0.15) is 11.5 Å². The fourth-order valence-electron chi connectivity index (χ4n) is 2.22. The van der Waals surface area contributed by atoms with Crippen molar-refractivity contribution in [3.63, 3.8) is 0 Å². The first kappa shape index (κ1) is 18.6. The molecule has 128 valence electrons. The molecule has 0 amide bonds. The average Bonchev–Trinajstić information content (AvgIpc) is 2.56. The molecule has 2 rings (SSSR count). The van der Waals surface area contributed by atoms with Crippen molar-refractivity contribution in [1.82, 2.24) is 4.90 Å². The standard InChI is InChI=1S/C19H22Cl2N2O/c1-5-23(6-2)12-22-18-9-14(4)19(10-13(18)3)24-15-7-8-16(20)17(21)11-15/h7-12H,5-6H2,1-4H3/b22-12+. The number of nitrogens with zero attached hydrogens (tertiary/aromatic N) is 2. The third-order valence-electron chi connectivity index (χ3n) is 3.78. The molecule has 0 aliphatic rings. The van der Waals surface area contributed by atoms with Gasteiger partial charge in [-0.05, 0) is 63.1 Å². The van der Waals surface area contributed by atoms with Crippen LogP contribution < -0.4 is 4.74 Å². The minimum Gasteiger partial charge on any atom is -0.457 e. The Bertz CT molecular complexity index is 740. The lowest BCUT2D eigenvalue weighted by Crippen LogP contribution is -2.20. The number of aliphatic imine (C=N–C) groups is 1. The van der Waals surface area contributed by atoms with Gasteiger partial charge in [-0.2, -0.15) is 0 Å². The van der Waals surface area contributed by atoms with E-state index in [9.17, 15) is 0 Å². The topological polar surface area (TPSA) is 24.8 Å². The summed E-state index contributed by atoms with van der Waals surface area (Å²) in [6.45, 7) is 10.1. The van der Waals surface area contributed by atoms with Crippen LogP contribution >= 0.6 is 23.2 Å². The second kappa shape index (κ2) is 8.41. The van der Waals surface area contributed by atoms with Crippen LogP contribution in [0.15, 0.2) is 35.3 Å². The first-order valence-corrected chi connectivity index (χ1v) is 8.72. The van der Waals surface area contributed by atoms with Gasteiger partial charge in [0, 0.05) is 19.2 Å². The minimum atomic E-state index is 0.476. The fourth-order valence-corrected chi connectivity index (χ4v) is 2.51. The van der Waals surface area contributed by atoms with Crippen molar-refractivity contribution in [3.05, 3.63) is 51.5 Å². The molecular formula is C19H22Cl2N2O. The molecule has 0 fully saturated rings. The summed E-state index contributed by atoms with van der Waals surface area (Å²) in [6.07, 6.45) is 1.89. The number of hydrogen-bond acceptors (Lipinski definition) is 2.